The highest BCUT2D eigenvalue weighted by molar-refractivity contribution is 5.90. The Bertz CT molecular complexity index is 227. The number of ether oxygens (including phenoxy) is 1. The van der Waals surface area contributed by atoms with Gasteiger partial charge in [-0.2, -0.15) is 0 Å². The first-order chi connectivity index (χ1) is 6.18. The van der Waals surface area contributed by atoms with Crippen LogP contribution in [0.25, 0.3) is 0 Å². The van der Waals surface area contributed by atoms with E-state index in [2.05, 4.69) is 0 Å². The van der Waals surface area contributed by atoms with E-state index in [1.165, 1.54) is 0 Å². The number of carbonyl (C=O) groups excluding carboxylic acids is 2. The van der Waals surface area contributed by atoms with E-state index in [1.54, 1.807) is 41.5 Å². The number of Topliss-reactive ketones (excluding diaryl/α,β-unsaturated/α-hetero) is 1. The van der Waals surface area contributed by atoms with E-state index < -0.39 is 5.60 Å². The van der Waals surface area contributed by atoms with Gasteiger partial charge in [0.1, 0.15) is 0 Å². The second-order valence-electron chi connectivity index (χ2n) is 4.61. The van der Waals surface area contributed by atoms with Gasteiger partial charge in [0.05, 0.1) is 5.92 Å². The Balaban J connectivity index is 4.49. The monoisotopic (exact) mass is 200 g/mol. The maximum atomic E-state index is 11.6. The topological polar surface area (TPSA) is 43.4 Å². The molecule has 0 saturated heterocycles. The summed E-state index contributed by atoms with van der Waals surface area (Å²) in [5.41, 5.74) is -1.00. The van der Waals surface area contributed by atoms with Gasteiger partial charge in [-0.05, 0) is 13.8 Å². The highest BCUT2D eigenvalue weighted by atomic mass is 16.6. The van der Waals surface area contributed by atoms with Crippen LogP contribution < -0.4 is 0 Å². The molecule has 0 aliphatic carbocycles. The summed E-state index contributed by atoms with van der Waals surface area (Å²) in [7, 11) is 0. The number of carbonyl (C=O) groups is 2. The van der Waals surface area contributed by atoms with Crippen LogP contribution in [-0.4, -0.2) is 17.4 Å². The zero-order valence-electron chi connectivity index (χ0n) is 9.88. The Morgan fingerprint density at radius 2 is 1.43 bits per heavy atom. The zero-order valence-corrected chi connectivity index (χ0v) is 9.88. The number of esters is 1. The molecule has 0 unspecified atom stereocenters. The van der Waals surface area contributed by atoms with Crippen molar-refractivity contribution in [3.05, 3.63) is 0 Å². The SMILES string of the molecule is CC(C)C(=O)OC(C)(C)C(=O)C(C)C. The fourth-order valence-corrected chi connectivity index (χ4v) is 1.11. The predicted octanol–water partition coefficient (Wildman–Crippen LogP) is 2.19. The molecular formula is C11H20O3. The predicted molar refractivity (Wildman–Crippen MR) is 54.9 cm³/mol. The molecule has 0 atom stereocenters. The fraction of sp³-hybridized carbons (Fsp3) is 0.818. The summed E-state index contributed by atoms with van der Waals surface area (Å²) >= 11 is 0. The fourth-order valence-electron chi connectivity index (χ4n) is 1.11. The second-order valence-corrected chi connectivity index (χ2v) is 4.61. The normalized spacial score (nSPS) is 12.0. The van der Waals surface area contributed by atoms with E-state index in [4.69, 9.17) is 4.74 Å². The summed E-state index contributed by atoms with van der Waals surface area (Å²) in [6.07, 6.45) is 0. The molecule has 0 bridgehead atoms. The van der Waals surface area contributed by atoms with Crippen molar-refractivity contribution in [1.29, 1.82) is 0 Å². The molecule has 0 aliphatic rings. The molecule has 3 nitrogen and oxygen atoms in total. The number of hydrogen-bond donors (Lipinski definition) is 0. The van der Waals surface area contributed by atoms with Crippen molar-refractivity contribution in [3.63, 3.8) is 0 Å². The number of ketones is 1. The molecule has 0 amide bonds. The van der Waals surface area contributed by atoms with E-state index in [0.29, 0.717) is 0 Å². The summed E-state index contributed by atoms with van der Waals surface area (Å²) in [5, 5.41) is 0. The van der Waals surface area contributed by atoms with Crippen LogP contribution in [0.2, 0.25) is 0 Å². The summed E-state index contributed by atoms with van der Waals surface area (Å²) in [6, 6.07) is 0. The van der Waals surface area contributed by atoms with Crippen molar-refractivity contribution in [2.45, 2.75) is 47.1 Å². The van der Waals surface area contributed by atoms with E-state index in [1.807, 2.05) is 0 Å². The number of rotatable bonds is 4. The molecule has 14 heavy (non-hydrogen) atoms. The van der Waals surface area contributed by atoms with Gasteiger partial charge in [0.15, 0.2) is 11.4 Å². The van der Waals surface area contributed by atoms with Gasteiger partial charge in [0, 0.05) is 5.92 Å². The average Bonchev–Trinajstić information content (AvgIpc) is 2.01. The van der Waals surface area contributed by atoms with Gasteiger partial charge in [-0.1, -0.05) is 27.7 Å². The van der Waals surface area contributed by atoms with Crippen LogP contribution in [0.1, 0.15) is 41.5 Å². The third-order valence-corrected chi connectivity index (χ3v) is 1.94. The van der Waals surface area contributed by atoms with Crippen molar-refractivity contribution in [3.8, 4) is 0 Å². The Kier molecular flexibility index (Phi) is 4.30. The Hall–Kier alpha value is -0.860. The van der Waals surface area contributed by atoms with Crippen LogP contribution in [0, 0.1) is 11.8 Å². The van der Waals surface area contributed by atoms with Crippen molar-refractivity contribution in [2.24, 2.45) is 11.8 Å². The Morgan fingerprint density at radius 3 is 1.71 bits per heavy atom. The Labute approximate surface area is 85.8 Å². The second kappa shape index (κ2) is 4.58. The first-order valence-electron chi connectivity index (χ1n) is 4.95. The molecule has 0 radical (unpaired) electrons. The van der Waals surface area contributed by atoms with Crippen LogP contribution in [-0.2, 0) is 14.3 Å². The molecule has 0 aromatic carbocycles. The van der Waals surface area contributed by atoms with Gasteiger partial charge in [-0.3, -0.25) is 9.59 Å². The summed E-state index contributed by atoms with van der Waals surface area (Å²) < 4.78 is 5.13. The molecule has 0 aromatic heterocycles. The number of hydrogen-bond acceptors (Lipinski definition) is 3. The summed E-state index contributed by atoms with van der Waals surface area (Å²) in [5.74, 6) is -0.699. The standard InChI is InChI=1S/C11H20O3/c1-7(2)9(12)11(5,6)14-10(13)8(3)4/h7-8H,1-6H3. The van der Waals surface area contributed by atoms with Gasteiger partial charge in [-0.25, -0.2) is 0 Å². The highest BCUT2D eigenvalue weighted by Gasteiger charge is 2.33. The molecule has 0 saturated carbocycles. The molecule has 0 spiro atoms. The first kappa shape index (κ1) is 13.1. The van der Waals surface area contributed by atoms with E-state index in [-0.39, 0.29) is 23.6 Å². The molecule has 0 aliphatic heterocycles. The highest BCUT2D eigenvalue weighted by Crippen LogP contribution is 2.18. The molecular weight excluding hydrogens is 180 g/mol. The molecule has 0 heterocycles. The minimum atomic E-state index is -1.00. The molecule has 0 N–H and O–H groups in total. The quantitative estimate of drug-likeness (QED) is 0.653. The summed E-state index contributed by atoms with van der Waals surface area (Å²) in [6.45, 7) is 10.4. The third-order valence-electron chi connectivity index (χ3n) is 1.94. The van der Waals surface area contributed by atoms with Crippen LogP contribution in [0.5, 0.6) is 0 Å². The minimum absolute atomic E-state index is 0.0495. The lowest BCUT2D eigenvalue weighted by Gasteiger charge is -2.26. The largest absolute Gasteiger partial charge is 0.451 e. The lowest BCUT2D eigenvalue weighted by molar-refractivity contribution is -0.168. The molecule has 3 heteroatoms. The lowest BCUT2D eigenvalue weighted by Crippen LogP contribution is -2.40. The Morgan fingerprint density at radius 1 is 1.00 bits per heavy atom. The molecule has 0 rings (SSSR count). The van der Waals surface area contributed by atoms with Crippen LogP contribution >= 0.6 is 0 Å². The lowest BCUT2D eigenvalue weighted by atomic mass is 9.94. The van der Waals surface area contributed by atoms with Crippen molar-refractivity contribution < 1.29 is 14.3 Å². The molecule has 82 valence electrons. The van der Waals surface area contributed by atoms with E-state index in [9.17, 15) is 9.59 Å². The van der Waals surface area contributed by atoms with Gasteiger partial charge in [0.25, 0.3) is 0 Å². The molecule has 0 aromatic rings. The van der Waals surface area contributed by atoms with Crippen LogP contribution in [0.3, 0.4) is 0 Å². The van der Waals surface area contributed by atoms with Crippen LogP contribution in [0.4, 0.5) is 0 Å². The van der Waals surface area contributed by atoms with Crippen molar-refractivity contribution in [1.82, 2.24) is 0 Å². The maximum Gasteiger partial charge on any atom is 0.309 e. The van der Waals surface area contributed by atoms with E-state index in [0.717, 1.165) is 0 Å². The van der Waals surface area contributed by atoms with Gasteiger partial charge < -0.3 is 4.74 Å². The maximum absolute atomic E-state index is 11.6. The molecule has 0 fully saturated rings. The van der Waals surface area contributed by atoms with E-state index >= 15 is 0 Å². The van der Waals surface area contributed by atoms with Gasteiger partial charge in [0.2, 0.25) is 0 Å². The average molecular weight is 200 g/mol. The summed E-state index contributed by atoms with van der Waals surface area (Å²) in [4.78, 5) is 23.0. The van der Waals surface area contributed by atoms with Crippen molar-refractivity contribution in [2.75, 3.05) is 0 Å². The van der Waals surface area contributed by atoms with Crippen LogP contribution in [0.15, 0.2) is 0 Å². The van der Waals surface area contributed by atoms with Gasteiger partial charge in [-0.15, -0.1) is 0 Å². The third kappa shape index (κ3) is 3.48. The van der Waals surface area contributed by atoms with Gasteiger partial charge >= 0.3 is 5.97 Å². The minimum Gasteiger partial charge on any atom is -0.451 e. The zero-order chi connectivity index (χ0) is 11.5. The first-order valence-corrected chi connectivity index (χ1v) is 4.95. The van der Waals surface area contributed by atoms with Crippen molar-refractivity contribution >= 4 is 11.8 Å². The smallest absolute Gasteiger partial charge is 0.309 e.